The molecule has 6 nitrogen and oxygen atoms in total. The molecule has 1 aromatic heterocycles. The van der Waals surface area contributed by atoms with Crippen molar-refractivity contribution in [1.29, 1.82) is 0 Å². The number of furan rings is 1. The summed E-state index contributed by atoms with van der Waals surface area (Å²) in [5.41, 5.74) is 2.24. The maximum atomic E-state index is 12.7. The zero-order valence-corrected chi connectivity index (χ0v) is 17.9. The third kappa shape index (κ3) is 5.70. The Hall–Kier alpha value is -3.19. The number of amides is 2. The number of hydrogen-bond acceptors (Lipinski definition) is 5. The normalized spacial score (nSPS) is 13.6. The van der Waals surface area contributed by atoms with Crippen LogP contribution in [0.5, 0.6) is 5.75 Å². The molecule has 0 spiro atoms. The Balaban J connectivity index is 1.33. The molecule has 0 bridgehead atoms. The molecule has 0 atom stereocenters. The average Bonchev–Trinajstić information content (AvgIpc) is 3.29. The van der Waals surface area contributed by atoms with E-state index in [0.717, 1.165) is 35.9 Å². The van der Waals surface area contributed by atoms with Crippen molar-refractivity contribution in [1.82, 2.24) is 4.90 Å². The summed E-state index contributed by atoms with van der Waals surface area (Å²) in [6, 6.07) is 18.5. The predicted molar refractivity (Wildman–Crippen MR) is 121 cm³/mol. The van der Waals surface area contributed by atoms with Gasteiger partial charge in [0, 0.05) is 35.8 Å². The van der Waals surface area contributed by atoms with Crippen LogP contribution in [0.1, 0.15) is 21.7 Å². The van der Waals surface area contributed by atoms with Crippen molar-refractivity contribution in [3.8, 4) is 5.75 Å². The summed E-state index contributed by atoms with van der Waals surface area (Å²) < 4.78 is 11.1. The van der Waals surface area contributed by atoms with E-state index in [-0.39, 0.29) is 24.2 Å². The lowest BCUT2D eigenvalue weighted by molar-refractivity contribution is -0.130. The van der Waals surface area contributed by atoms with E-state index in [9.17, 15) is 9.59 Å². The van der Waals surface area contributed by atoms with Gasteiger partial charge in [-0.25, -0.2) is 0 Å². The van der Waals surface area contributed by atoms with E-state index in [1.165, 1.54) is 6.26 Å². The van der Waals surface area contributed by atoms with E-state index in [0.29, 0.717) is 17.7 Å². The highest BCUT2D eigenvalue weighted by Crippen LogP contribution is 2.18. The summed E-state index contributed by atoms with van der Waals surface area (Å²) in [5.74, 6) is 2.76. The van der Waals surface area contributed by atoms with Gasteiger partial charge in [0.25, 0.3) is 5.91 Å². The molecular formula is C24H24N2O4S. The van der Waals surface area contributed by atoms with Crippen molar-refractivity contribution in [3.05, 3.63) is 83.8 Å². The number of nitrogens with one attached hydrogen (secondary N) is 1. The van der Waals surface area contributed by atoms with Crippen LogP contribution in [0.25, 0.3) is 0 Å². The Morgan fingerprint density at radius 3 is 2.48 bits per heavy atom. The molecule has 160 valence electrons. The standard InChI is InChI=1S/C24H24N2O4S/c27-22(26-11-14-31-15-12-26)16-18-6-8-20(9-7-18)25-24(28)23-19(10-13-29-23)17-30-21-4-2-1-3-5-21/h1-10,13H,11-12,14-17H2,(H,25,28). The second-order valence-electron chi connectivity index (χ2n) is 7.20. The van der Waals surface area contributed by atoms with Crippen molar-refractivity contribution in [2.24, 2.45) is 0 Å². The van der Waals surface area contributed by atoms with Crippen molar-refractivity contribution < 1.29 is 18.7 Å². The first-order valence-corrected chi connectivity index (χ1v) is 11.3. The van der Waals surface area contributed by atoms with E-state index in [1.54, 1.807) is 18.2 Å². The Labute approximate surface area is 185 Å². The number of carbonyl (C=O) groups is 2. The van der Waals surface area contributed by atoms with E-state index < -0.39 is 0 Å². The molecule has 1 N–H and O–H groups in total. The van der Waals surface area contributed by atoms with E-state index >= 15 is 0 Å². The maximum absolute atomic E-state index is 12.7. The highest BCUT2D eigenvalue weighted by Gasteiger charge is 2.18. The molecule has 0 unspecified atom stereocenters. The topological polar surface area (TPSA) is 71.8 Å². The Morgan fingerprint density at radius 2 is 1.74 bits per heavy atom. The minimum atomic E-state index is -0.341. The quantitative estimate of drug-likeness (QED) is 0.600. The number of hydrogen-bond donors (Lipinski definition) is 1. The molecular weight excluding hydrogens is 412 g/mol. The summed E-state index contributed by atoms with van der Waals surface area (Å²) in [6.45, 7) is 1.87. The fraction of sp³-hybridized carbons (Fsp3) is 0.250. The third-order valence-electron chi connectivity index (χ3n) is 5.02. The van der Waals surface area contributed by atoms with Gasteiger partial charge in [-0.3, -0.25) is 9.59 Å². The van der Waals surface area contributed by atoms with Gasteiger partial charge in [-0.15, -0.1) is 0 Å². The van der Waals surface area contributed by atoms with Crippen LogP contribution in [0.15, 0.2) is 71.3 Å². The van der Waals surface area contributed by atoms with Crippen molar-refractivity contribution >= 4 is 29.3 Å². The van der Waals surface area contributed by atoms with Crippen LogP contribution in [-0.2, 0) is 17.8 Å². The number of ether oxygens (including phenoxy) is 1. The third-order valence-corrected chi connectivity index (χ3v) is 5.96. The number of thioether (sulfide) groups is 1. The van der Waals surface area contributed by atoms with Crippen LogP contribution in [0.4, 0.5) is 5.69 Å². The van der Waals surface area contributed by atoms with E-state index in [1.807, 2.05) is 59.1 Å². The summed E-state index contributed by atoms with van der Waals surface area (Å²) in [7, 11) is 0. The molecule has 0 radical (unpaired) electrons. The first kappa shape index (κ1) is 21.1. The van der Waals surface area contributed by atoms with Gasteiger partial charge in [0.1, 0.15) is 12.4 Å². The first-order valence-electron chi connectivity index (χ1n) is 10.2. The fourth-order valence-corrected chi connectivity index (χ4v) is 4.22. The average molecular weight is 437 g/mol. The van der Waals surface area contributed by atoms with Gasteiger partial charge >= 0.3 is 0 Å². The maximum Gasteiger partial charge on any atom is 0.291 e. The van der Waals surface area contributed by atoms with Gasteiger partial charge in [0.05, 0.1) is 12.7 Å². The Bertz CT molecular complexity index is 1010. The fourth-order valence-electron chi connectivity index (χ4n) is 3.32. The number of carbonyl (C=O) groups excluding carboxylic acids is 2. The minimum Gasteiger partial charge on any atom is -0.489 e. The SMILES string of the molecule is O=C(Nc1ccc(CC(=O)N2CCSCC2)cc1)c1occc1COc1ccccc1. The van der Waals surface area contributed by atoms with Gasteiger partial charge in [0.2, 0.25) is 5.91 Å². The number of nitrogens with zero attached hydrogens (tertiary/aromatic N) is 1. The zero-order chi connectivity index (χ0) is 21.5. The summed E-state index contributed by atoms with van der Waals surface area (Å²) in [6.07, 6.45) is 1.85. The van der Waals surface area contributed by atoms with Crippen LogP contribution in [0.3, 0.4) is 0 Å². The molecule has 2 amide bonds. The van der Waals surface area contributed by atoms with Gasteiger partial charge < -0.3 is 19.4 Å². The number of rotatable bonds is 7. The van der Waals surface area contributed by atoms with E-state index in [2.05, 4.69) is 5.32 Å². The zero-order valence-electron chi connectivity index (χ0n) is 17.1. The molecule has 1 aliphatic rings. The van der Waals surface area contributed by atoms with Crippen molar-refractivity contribution in [2.75, 3.05) is 29.9 Å². The molecule has 1 fully saturated rings. The second-order valence-corrected chi connectivity index (χ2v) is 8.42. The first-order chi connectivity index (χ1) is 15.2. The number of anilines is 1. The lowest BCUT2D eigenvalue weighted by Gasteiger charge is -2.26. The van der Waals surface area contributed by atoms with Crippen molar-refractivity contribution in [2.45, 2.75) is 13.0 Å². The Morgan fingerprint density at radius 1 is 1.00 bits per heavy atom. The Kier molecular flexibility index (Phi) is 6.94. The van der Waals surface area contributed by atoms with Gasteiger partial charge in [0.15, 0.2) is 5.76 Å². The van der Waals surface area contributed by atoms with Crippen LogP contribution in [0.2, 0.25) is 0 Å². The summed E-state index contributed by atoms with van der Waals surface area (Å²) >= 11 is 1.88. The highest BCUT2D eigenvalue weighted by molar-refractivity contribution is 7.99. The lowest BCUT2D eigenvalue weighted by atomic mass is 10.1. The van der Waals surface area contributed by atoms with Crippen LogP contribution < -0.4 is 10.1 Å². The molecule has 1 aliphatic heterocycles. The molecule has 2 heterocycles. The van der Waals surface area contributed by atoms with E-state index in [4.69, 9.17) is 9.15 Å². The van der Waals surface area contributed by atoms with Crippen molar-refractivity contribution in [3.63, 3.8) is 0 Å². The highest BCUT2D eigenvalue weighted by atomic mass is 32.2. The number of para-hydroxylation sites is 1. The minimum absolute atomic E-state index is 0.149. The second kappa shape index (κ2) is 10.2. The molecule has 1 saturated heterocycles. The molecule has 2 aromatic carbocycles. The molecule has 31 heavy (non-hydrogen) atoms. The van der Waals surface area contributed by atoms with Crippen LogP contribution in [0, 0.1) is 0 Å². The van der Waals surface area contributed by atoms with Crippen LogP contribution >= 0.6 is 11.8 Å². The summed E-state index contributed by atoms with van der Waals surface area (Å²) in [5, 5.41) is 2.84. The molecule has 3 aromatic rings. The monoisotopic (exact) mass is 436 g/mol. The number of benzene rings is 2. The smallest absolute Gasteiger partial charge is 0.291 e. The predicted octanol–water partition coefficient (Wildman–Crippen LogP) is 4.23. The molecule has 4 rings (SSSR count). The van der Waals surface area contributed by atoms with Gasteiger partial charge in [-0.1, -0.05) is 30.3 Å². The lowest BCUT2D eigenvalue weighted by Crippen LogP contribution is -2.38. The summed E-state index contributed by atoms with van der Waals surface area (Å²) in [4.78, 5) is 27.0. The molecule has 7 heteroatoms. The van der Waals surface area contributed by atoms with Gasteiger partial charge in [-0.05, 0) is 35.9 Å². The van der Waals surface area contributed by atoms with Crippen LogP contribution in [-0.4, -0.2) is 41.3 Å². The largest absolute Gasteiger partial charge is 0.489 e. The molecule has 0 saturated carbocycles. The molecule has 0 aliphatic carbocycles. The van der Waals surface area contributed by atoms with Gasteiger partial charge in [-0.2, -0.15) is 11.8 Å².